The molecule has 0 aromatic carbocycles. The molecule has 0 fully saturated rings. The van der Waals surface area contributed by atoms with Gasteiger partial charge in [0, 0.05) is 13.0 Å². The van der Waals surface area contributed by atoms with E-state index in [-0.39, 0.29) is 5.16 Å². The van der Waals surface area contributed by atoms with Crippen LogP contribution in [0.2, 0.25) is 0 Å². The van der Waals surface area contributed by atoms with Crippen LogP contribution in [0.5, 0.6) is 0 Å². The summed E-state index contributed by atoms with van der Waals surface area (Å²) >= 11 is 0. The molecule has 2 N–H and O–H groups in total. The first kappa shape index (κ1) is 15.1. The number of primary sulfonamides is 1. The van der Waals surface area contributed by atoms with Crippen LogP contribution >= 0.6 is 0 Å². The van der Waals surface area contributed by atoms with Gasteiger partial charge in [0.05, 0.1) is 0 Å². The van der Waals surface area contributed by atoms with Crippen molar-refractivity contribution in [1.82, 2.24) is 14.8 Å². The number of aromatic nitrogens is 3. The maximum absolute atomic E-state index is 11.3. The molecule has 6 nitrogen and oxygen atoms in total. The number of sulfonamides is 1. The van der Waals surface area contributed by atoms with Gasteiger partial charge < -0.3 is 4.57 Å². The second-order valence-electron chi connectivity index (χ2n) is 4.35. The monoisotopic (exact) mass is 274 g/mol. The summed E-state index contributed by atoms with van der Waals surface area (Å²) in [7, 11) is -3.77. The van der Waals surface area contributed by atoms with E-state index in [0.717, 1.165) is 19.3 Å². The molecule has 0 amide bonds. The molecule has 18 heavy (non-hydrogen) atoms. The molecule has 104 valence electrons. The third-order valence-electron chi connectivity index (χ3n) is 2.87. The highest BCUT2D eigenvalue weighted by molar-refractivity contribution is 7.89. The van der Waals surface area contributed by atoms with Gasteiger partial charge in [-0.2, -0.15) is 0 Å². The van der Waals surface area contributed by atoms with Gasteiger partial charge in [0.15, 0.2) is 0 Å². The third kappa shape index (κ3) is 4.06. The molecule has 0 aliphatic carbocycles. The van der Waals surface area contributed by atoms with Crippen molar-refractivity contribution in [3.8, 4) is 0 Å². The third-order valence-corrected chi connectivity index (χ3v) is 3.68. The van der Waals surface area contributed by atoms with E-state index in [0.29, 0.717) is 12.4 Å². The van der Waals surface area contributed by atoms with Crippen LogP contribution in [0, 0.1) is 0 Å². The van der Waals surface area contributed by atoms with Crippen molar-refractivity contribution in [2.24, 2.45) is 5.14 Å². The van der Waals surface area contributed by atoms with Gasteiger partial charge in [0.1, 0.15) is 5.82 Å². The molecule has 0 saturated heterocycles. The van der Waals surface area contributed by atoms with Crippen molar-refractivity contribution >= 4 is 10.0 Å². The quantitative estimate of drug-likeness (QED) is 0.726. The lowest BCUT2D eigenvalue weighted by Gasteiger charge is -2.05. The lowest BCUT2D eigenvalue weighted by atomic mass is 10.1. The molecular formula is C11H22N4O2S. The van der Waals surface area contributed by atoms with Crippen molar-refractivity contribution in [3.05, 3.63) is 5.82 Å². The summed E-state index contributed by atoms with van der Waals surface area (Å²) in [6, 6.07) is 0. The Kier molecular flexibility index (Phi) is 5.74. The lowest BCUT2D eigenvalue weighted by Crippen LogP contribution is -2.19. The molecule has 0 radical (unpaired) electrons. The predicted octanol–water partition coefficient (Wildman–Crippen LogP) is 1.46. The van der Waals surface area contributed by atoms with Gasteiger partial charge in [0.2, 0.25) is 0 Å². The molecular weight excluding hydrogens is 252 g/mol. The highest BCUT2D eigenvalue weighted by Gasteiger charge is 2.19. The Labute approximate surface area is 109 Å². The largest absolute Gasteiger partial charge is 0.301 e. The van der Waals surface area contributed by atoms with Crippen LogP contribution in [0.3, 0.4) is 0 Å². The van der Waals surface area contributed by atoms with E-state index in [1.54, 1.807) is 4.57 Å². The number of rotatable bonds is 8. The zero-order valence-corrected chi connectivity index (χ0v) is 11.9. The van der Waals surface area contributed by atoms with E-state index in [4.69, 9.17) is 5.14 Å². The number of hydrogen-bond acceptors (Lipinski definition) is 4. The first-order valence-corrected chi connectivity index (χ1v) is 8.00. The second kappa shape index (κ2) is 6.84. The van der Waals surface area contributed by atoms with Gasteiger partial charge in [-0.15, -0.1) is 10.2 Å². The molecule has 1 heterocycles. The van der Waals surface area contributed by atoms with Crippen molar-refractivity contribution in [1.29, 1.82) is 0 Å². The number of nitrogens with two attached hydrogens (primary N) is 1. The van der Waals surface area contributed by atoms with Gasteiger partial charge in [-0.05, 0) is 13.3 Å². The zero-order chi connectivity index (χ0) is 13.6. The first-order valence-electron chi connectivity index (χ1n) is 6.45. The Hall–Kier alpha value is -0.950. The van der Waals surface area contributed by atoms with Gasteiger partial charge in [-0.3, -0.25) is 0 Å². The highest BCUT2D eigenvalue weighted by atomic mass is 32.2. The molecule has 0 spiro atoms. The van der Waals surface area contributed by atoms with E-state index in [9.17, 15) is 8.42 Å². The number of nitrogens with zero attached hydrogens (tertiary/aromatic N) is 3. The minimum Gasteiger partial charge on any atom is -0.301 e. The molecule has 0 aliphatic heterocycles. The number of aryl methyl sites for hydroxylation is 1. The zero-order valence-electron chi connectivity index (χ0n) is 11.1. The summed E-state index contributed by atoms with van der Waals surface area (Å²) in [5.74, 6) is 0.707. The van der Waals surface area contributed by atoms with Crippen molar-refractivity contribution < 1.29 is 8.42 Å². The normalized spacial score (nSPS) is 11.9. The van der Waals surface area contributed by atoms with Gasteiger partial charge in [-0.1, -0.05) is 32.6 Å². The lowest BCUT2D eigenvalue weighted by molar-refractivity contribution is 0.556. The van der Waals surface area contributed by atoms with E-state index in [1.165, 1.54) is 19.3 Å². The predicted molar refractivity (Wildman–Crippen MR) is 69.5 cm³/mol. The van der Waals surface area contributed by atoms with Crippen LogP contribution in [0.4, 0.5) is 0 Å². The van der Waals surface area contributed by atoms with Crippen LogP contribution in [-0.2, 0) is 23.0 Å². The molecule has 0 bridgehead atoms. The summed E-state index contributed by atoms with van der Waals surface area (Å²) < 4.78 is 24.2. The fourth-order valence-electron chi connectivity index (χ4n) is 1.92. The summed E-state index contributed by atoms with van der Waals surface area (Å²) in [6.07, 6.45) is 6.54. The van der Waals surface area contributed by atoms with E-state index in [2.05, 4.69) is 17.1 Å². The number of unbranched alkanes of at least 4 members (excludes halogenated alkanes) is 4. The van der Waals surface area contributed by atoms with Gasteiger partial charge in [-0.25, -0.2) is 13.6 Å². The fraction of sp³-hybridized carbons (Fsp3) is 0.818. The van der Waals surface area contributed by atoms with E-state index < -0.39 is 10.0 Å². The minimum absolute atomic E-state index is 0.131. The SMILES string of the molecule is CCCCCCCc1nnc(S(N)(=O)=O)n1CC. The molecule has 0 saturated carbocycles. The molecule has 1 aromatic rings. The molecule has 0 aliphatic rings. The molecule has 1 aromatic heterocycles. The smallest absolute Gasteiger partial charge is 0.273 e. The standard InChI is InChI=1S/C11H22N4O2S/c1-3-5-6-7-8-9-10-13-14-11(15(10)4-2)18(12,16)17/h3-9H2,1-2H3,(H2,12,16,17). The van der Waals surface area contributed by atoms with Gasteiger partial charge >= 0.3 is 0 Å². The second-order valence-corrected chi connectivity index (χ2v) is 5.81. The van der Waals surface area contributed by atoms with Crippen LogP contribution in [0.15, 0.2) is 5.16 Å². The average molecular weight is 274 g/mol. The Morgan fingerprint density at radius 1 is 1.11 bits per heavy atom. The van der Waals surface area contributed by atoms with E-state index >= 15 is 0 Å². The maximum atomic E-state index is 11.3. The van der Waals surface area contributed by atoms with Crippen molar-refractivity contribution in [2.75, 3.05) is 0 Å². The van der Waals surface area contributed by atoms with Crippen LogP contribution in [0.25, 0.3) is 0 Å². The van der Waals surface area contributed by atoms with Crippen LogP contribution in [-0.4, -0.2) is 23.2 Å². The topological polar surface area (TPSA) is 90.9 Å². The average Bonchev–Trinajstić information content (AvgIpc) is 2.71. The molecule has 0 atom stereocenters. The fourth-order valence-corrected chi connectivity index (χ4v) is 2.62. The maximum Gasteiger partial charge on any atom is 0.273 e. The summed E-state index contributed by atoms with van der Waals surface area (Å²) in [6.45, 7) is 4.55. The summed E-state index contributed by atoms with van der Waals surface area (Å²) in [5, 5.41) is 12.6. The Morgan fingerprint density at radius 3 is 2.33 bits per heavy atom. The Bertz CT molecular complexity index is 467. The van der Waals surface area contributed by atoms with Crippen LogP contribution < -0.4 is 5.14 Å². The van der Waals surface area contributed by atoms with Crippen LogP contribution in [0.1, 0.15) is 51.8 Å². The minimum atomic E-state index is -3.77. The Morgan fingerprint density at radius 2 is 1.78 bits per heavy atom. The summed E-state index contributed by atoms with van der Waals surface area (Å²) in [4.78, 5) is 0. The first-order chi connectivity index (χ1) is 8.50. The molecule has 7 heteroatoms. The van der Waals surface area contributed by atoms with Crippen molar-refractivity contribution in [2.45, 2.75) is 64.1 Å². The number of hydrogen-bond donors (Lipinski definition) is 1. The van der Waals surface area contributed by atoms with Crippen molar-refractivity contribution in [3.63, 3.8) is 0 Å². The Balaban J connectivity index is 2.64. The van der Waals surface area contributed by atoms with Gasteiger partial charge in [0.25, 0.3) is 15.2 Å². The van der Waals surface area contributed by atoms with E-state index in [1.807, 2.05) is 6.92 Å². The summed E-state index contributed by atoms with van der Waals surface area (Å²) in [5.41, 5.74) is 0. The molecule has 1 rings (SSSR count). The molecule has 0 unspecified atom stereocenters. The highest BCUT2D eigenvalue weighted by Crippen LogP contribution is 2.11.